The minimum absolute atomic E-state index is 1.08. The topological polar surface area (TPSA) is 16.3 Å². The average molecular weight is 995 g/mol. The molecule has 15 rings (SSSR count). The van der Waals surface area contributed by atoms with Crippen molar-refractivity contribution < 1.29 is 0 Å². The monoisotopic (exact) mass is 994 g/mol. The van der Waals surface area contributed by atoms with Crippen LogP contribution in [0, 0.1) is 0 Å². The maximum Gasteiger partial charge on any atom is 0.0541 e. The van der Waals surface area contributed by atoms with Crippen molar-refractivity contribution >= 4 is 99.3 Å². The summed E-state index contributed by atoms with van der Waals surface area (Å²) in [6.07, 6.45) is 0. The van der Waals surface area contributed by atoms with Gasteiger partial charge in [-0.15, -0.1) is 0 Å². The molecule has 4 nitrogen and oxygen atoms in total. The van der Waals surface area contributed by atoms with E-state index >= 15 is 0 Å². The molecular formula is C74H50N4. The van der Waals surface area contributed by atoms with Gasteiger partial charge in [0, 0.05) is 67.0 Å². The van der Waals surface area contributed by atoms with Gasteiger partial charge in [-0.2, -0.15) is 0 Å². The fourth-order valence-electron chi connectivity index (χ4n) is 12.3. The van der Waals surface area contributed by atoms with E-state index in [2.05, 4.69) is 322 Å². The number of hydrogen-bond donors (Lipinski definition) is 0. The number of benzene rings is 13. The molecule has 366 valence electrons. The molecule has 0 aliphatic rings. The molecule has 0 spiro atoms. The quantitative estimate of drug-likeness (QED) is 0.127. The number of hydrogen-bond acceptors (Lipinski definition) is 2. The maximum atomic E-state index is 2.45. The van der Waals surface area contributed by atoms with Gasteiger partial charge >= 0.3 is 0 Å². The summed E-state index contributed by atoms with van der Waals surface area (Å²) in [6, 6.07) is 111. The number of para-hydroxylation sites is 8. The summed E-state index contributed by atoms with van der Waals surface area (Å²) in [7, 11) is 0. The zero-order valence-electron chi connectivity index (χ0n) is 42.7. The number of aromatic nitrogens is 2. The Balaban J connectivity index is 1.02. The van der Waals surface area contributed by atoms with E-state index in [1.54, 1.807) is 0 Å². The molecule has 0 atom stereocenters. The highest BCUT2D eigenvalue weighted by atomic mass is 15.1. The van der Waals surface area contributed by atoms with E-state index < -0.39 is 0 Å². The maximum absolute atomic E-state index is 2.45. The first-order valence-corrected chi connectivity index (χ1v) is 26.8. The van der Waals surface area contributed by atoms with Gasteiger partial charge in [-0.25, -0.2) is 0 Å². The average Bonchev–Trinajstić information content (AvgIpc) is 4.09. The second-order valence-electron chi connectivity index (χ2n) is 20.1. The number of rotatable bonds is 10. The summed E-state index contributed by atoms with van der Waals surface area (Å²) < 4.78 is 4.89. The van der Waals surface area contributed by atoms with E-state index in [0.717, 1.165) is 56.6 Å². The van der Waals surface area contributed by atoms with Crippen LogP contribution in [-0.4, -0.2) is 9.13 Å². The van der Waals surface area contributed by atoms with Gasteiger partial charge < -0.3 is 18.9 Å². The molecule has 0 saturated heterocycles. The van der Waals surface area contributed by atoms with Gasteiger partial charge in [0.15, 0.2) is 0 Å². The zero-order valence-corrected chi connectivity index (χ0v) is 42.7. The highest BCUT2D eigenvalue weighted by Gasteiger charge is 2.23. The summed E-state index contributed by atoms with van der Waals surface area (Å²) in [5.41, 5.74) is 18.2. The summed E-state index contributed by atoms with van der Waals surface area (Å²) in [5, 5.41) is 9.66. The van der Waals surface area contributed by atoms with Gasteiger partial charge in [0.1, 0.15) is 0 Å². The third-order valence-electron chi connectivity index (χ3n) is 15.6. The third-order valence-corrected chi connectivity index (χ3v) is 15.6. The smallest absolute Gasteiger partial charge is 0.0541 e. The lowest BCUT2D eigenvalue weighted by molar-refractivity contribution is 1.18. The number of anilines is 6. The van der Waals surface area contributed by atoms with Crippen LogP contribution in [0.4, 0.5) is 34.1 Å². The Morgan fingerprint density at radius 1 is 0.192 bits per heavy atom. The van der Waals surface area contributed by atoms with Crippen molar-refractivity contribution in [2.24, 2.45) is 0 Å². The van der Waals surface area contributed by atoms with Crippen molar-refractivity contribution in [3.05, 3.63) is 303 Å². The Morgan fingerprint density at radius 2 is 0.449 bits per heavy atom. The van der Waals surface area contributed by atoms with Gasteiger partial charge in [-0.1, -0.05) is 182 Å². The Hall–Kier alpha value is -10.4. The highest BCUT2D eigenvalue weighted by Crippen LogP contribution is 2.48. The predicted octanol–water partition coefficient (Wildman–Crippen LogP) is 20.5. The van der Waals surface area contributed by atoms with Crippen LogP contribution in [0.5, 0.6) is 0 Å². The van der Waals surface area contributed by atoms with Crippen LogP contribution in [0.3, 0.4) is 0 Å². The second-order valence-corrected chi connectivity index (χ2v) is 20.1. The molecular weight excluding hydrogens is 945 g/mol. The molecule has 0 radical (unpaired) electrons. The van der Waals surface area contributed by atoms with Crippen LogP contribution in [0.15, 0.2) is 303 Å². The van der Waals surface area contributed by atoms with Gasteiger partial charge in [0.25, 0.3) is 0 Å². The predicted molar refractivity (Wildman–Crippen MR) is 330 cm³/mol. The Kier molecular flexibility index (Phi) is 10.8. The van der Waals surface area contributed by atoms with Crippen LogP contribution in [0.1, 0.15) is 0 Å². The lowest BCUT2D eigenvalue weighted by Crippen LogP contribution is -2.09. The van der Waals surface area contributed by atoms with Gasteiger partial charge in [-0.05, 0) is 165 Å². The van der Waals surface area contributed by atoms with Gasteiger partial charge in [0.05, 0.1) is 22.1 Å². The van der Waals surface area contributed by atoms with E-state index in [9.17, 15) is 0 Å². The summed E-state index contributed by atoms with van der Waals surface area (Å²) in [4.78, 5) is 4.67. The fraction of sp³-hybridized carbons (Fsp3) is 0. The lowest BCUT2D eigenvalue weighted by atomic mass is 9.85. The first-order valence-electron chi connectivity index (χ1n) is 26.8. The van der Waals surface area contributed by atoms with Crippen molar-refractivity contribution in [1.82, 2.24) is 9.13 Å². The number of nitrogens with zero attached hydrogens (tertiary/aromatic N) is 4. The molecule has 2 heterocycles. The third kappa shape index (κ3) is 7.45. The number of fused-ring (bicyclic) bond motifs is 8. The Bertz CT molecular complexity index is 4210. The van der Waals surface area contributed by atoms with Crippen LogP contribution in [0.2, 0.25) is 0 Å². The van der Waals surface area contributed by atoms with Crippen LogP contribution >= 0.6 is 0 Å². The second kappa shape index (κ2) is 18.7. The first kappa shape index (κ1) is 45.0. The van der Waals surface area contributed by atoms with Crippen molar-refractivity contribution in [2.45, 2.75) is 0 Å². The molecule has 2 aromatic heterocycles. The Labute approximate surface area is 452 Å². The largest absolute Gasteiger partial charge is 0.311 e. The molecule has 0 saturated carbocycles. The summed E-state index contributed by atoms with van der Waals surface area (Å²) >= 11 is 0. The van der Waals surface area contributed by atoms with Crippen LogP contribution in [0.25, 0.3) is 98.8 Å². The molecule has 13 aromatic carbocycles. The highest BCUT2D eigenvalue weighted by molar-refractivity contribution is 6.23. The fourth-order valence-corrected chi connectivity index (χ4v) is 12.3. The minimum atomic E-state index is 1.08. The SMILES string of the molecule is c1ccc(N(c2ccccc2)c2ccc(-c3c4ccc(-n5c6ccccc6c6ccccc65)cc4c(-c4ccc(N(c5ccccc5)c5ccccc5)cc4)c4ccc(-n5c6ccccc6c6ccccc65)cc34)cc2)cc1. The van der Waals surface area contributed by atoms with Gasteiger partial charge in [0.2, 0.25) is 0 Å². The van der Waals surface area contributed by atoms with Crippen molar-refractivity contribution in [1.29, 1.82) is 0 Å². The Morgan fingerprint density at radius 3 is 0.744 bits per heavy atom. The molecule has 0 bridgehead atoms. The lowest BCUT2D eigenvalue weighted by Gasteiger charge is -2.26. The first-order chi connectivity index (χ1) is 38.7. The van der Waals surface area contributed by atoms with Crippen LogP contribution < -0.4 is 9.80 Å². The molecule has 15 aromatic rings. The molecule has 0 aliphatic heterocycles. The van der Waals surface area contributed by atoms with E-state index in [0.29, 0.717) is 0 Å². The standard InChI is InChI=1S/C74H50N4/c1-5-21-53(22-6-1)75(54-23-7-2-8-24-54)57-41-37-51(38-42-57)73-65-47-45-60(78-71-35-19-15-31-63(71)64-32-16-20-36-72(64)78)50-68(65)74(52-39-43-58(44-40-52)76(55-25-9-3-10-26-55)56-27-11-4-12-28-56)66-48-46-59(49-67(66)73)77-69-33-17-13-29-61(69)62-30-14-18-34-70(62)77/h1-50H. The molecule has 4 heteroatoms. The summed E-state index contributed by atoms with van der Waals surface area (Å²) in [5.74, 6) is 0. The van der Waals surface area contributed by atoms with Crippen molar-refractivity contribution in [3.8, 4) is 33.6 Å². The molecule has 0 fully saturated rings. The van der Waals surface area contributed by atoms with Gasteiger partial charge in [-0.3, -0.25) is 0 Å². The van der Waals surface area contributed by atoms with Crippen LogP contribution in [-0.2, 0) is 0 Å². The van der Waals surface area contributed by atoms with E-state index in [-0.39, 0.29) is 0 Å². The normalized spacial score (nSPS) is 11.6. The zero-order chi connectivity index (χ0) is 51.5. The summed E-state index contributed by atoms with van der Waals surface area (Å²) in [6.45, 7) is 0. The molecule has 78 heavy (non-hydrogen) atoms. The van der Waals surface area contributed by atoms with E-state index in [1.165, 1.54) is 76.3 Å². The molecule has 0 unspecified atom stereocenters. The van der Waals surface area contributed by atoms with Crippen molar-refractivity contribution in [2.75, 3.05) is 9.80 Å². The van der Waals surface area contributed by atoms with E-state index in [1.807, 2.05) is 0 Å². The molecule has 0 amide bonds. The minimum Gasteiger partial charge on any atom is -0.311 e. The molecule has 0 aliphatic carbocycles. The molecule has 0 N–H and O–H groups in total. The van der Waals surface area contributed by atoms with Crippen molar-refractivity contribution in [3.63, 3.8) is 0 Å². The van der Waals surface area contributed by atoms with E-state index in [4.69, 9.17) is 0 Å².